The van der Waals surface area contributed by atoms with E-state index in [-0.39, 0.29) is 5.91 Å². The van der Waals surface area contributed by atoms with Gasteiger partial charge in [-0.2, -0.15) is 5.26 Å². The molecule has 0 saturated carbocycles. The first-order chi connectivity index (χ1) is 14.4. The Hall–Kier alpha value is -3.01. The molecule has 3 aromatic rings. The van der Waals surface area contributed by atoms with Crippen molar-refractivity contribution in [2.45, 2.75) is 19.9 Å². The van der Waals surface area contributed by atoms with Gasteiger partial charge < -0.3 is 9.80 Å². The van der Waals surface area contributed by atoms with E-state index in [4.69, 9.17) is 5.26 Å². The maximum Gasteiger partial charge on any atom is 0.227 e. The number of hydrogen-bond acceptors (Lipinski definition) is 5. The van der Waals surface area contributed by atoms with E-state index in [1.807, 2.05) is 62.3 Å². The van der Waals surface area contributed by atoms with Gasteiger partial charge in [-0.15, -0.1) is 11.3 Å². The Morgan fingerprint density at radius 3 is 2.27 bits per heavy atom. The summed E-state index contributed by atoms with van der Waals surface area (Å²) < 4.78 is 0. The van der Waals surface area contributed by atoms with Crippen LogP contribution in [0.15, 0.2) is 53.9 Å². The average Bonchev–Trinajstić information content (AvgIpc) is 3.18. The lowest BCUT2D eigenvalue weighted by atomic mass is 10.1. The van der Waals surface area contributed by atoms with Crippen LogP contribution in [0.4, 0.5) is 0 Å². The topological polar surface area (TPSA) is 60.2 Å². The Balaban J connectivity index is 1.69. The van der Waals surface area contributed by atoms with E-state index in [2.05, 4.69) is 21.3 Å². The van der Waals surface area contributed by atoms with Crippen molar-refractivity contribution >= 4 is 17.2 Å². The van der Waals surface area contributed by atoms with Gasteiger partial charge in [0.15, 0.2) is 0 Å². The van der Waals surface area contributed by atoms with E-state index in [1.165, 1.54) is 0 Å². The second-order valence-electron chi connectivity index (χ2n) is 7.55. The van der Waals surface area contributed by atoms with Crippen LogP contribution in [0.1, 0.15) is 21.7 Å². The summed E-state index contributed by atoms with van der Waals surface area (Å²) >= 11 is 1.64. The molecule has 1 heterocycles. The number of likely N-dealkylation sites (N-methyl/N-ethyl adjacent to an activating group) is 1. The number of carbonyl (C=O) groups is 1. The Morgan fingerprint density at radius 2 is 1.70 bits per heavy atom. The molecule has 6 heteroatoms. The molecule has 2 aromatic carbocycles. The zero-order valence-electron chi connectivity index (χ0n) is 17.6. The monoisotopic (exact) mass is 418 g/mol. The highest BCUT2D eigenvalue weighted by molar-refractivity contribution is 7.09. The lowest BCUT2D eigenvalue weighted by Gasteiger charge is -2.25. The highest BCUT2D eigenvalue weighted by atomic mass is 32.1. The van der Waals surface area contributed by atoms with Gasteiger partial charge >= 0.3 is 0 Å². The van der Waals surface area contributed by atoms with Crippen molar-refractivity contribution in [3.05, 3.63) is 75.6 Å². The summed E-state index contributed by atoms with van der Waals surface area (Å²) in [5.41, 5.74) is 4.68. The normalized spacial score (nSPS) is 10.8. The van der Waals surface area contributed by atoms with E-state index in [9.17, 15) is 4.79 Å². The largest absolute Gasteiger partial charge is 0.337 e. The van der Waals surface area contributed by atoms with E-state index >= 15 is 0 Å². The molecular formula is C24H26N4OS. The molecule has 0 saturated heterocycles. The third-order valence-corrected chi connectivity index (χ3v) is 5.62. The molecular weight excluding hydrogens is 392 g/mol. The molecule has 0 spiro atoms. The zero-order valence-corrected chi connectivity index (χ0v) is 18.4. The standard InChI is InChI=1S/C24H26N4OS/c1-18-26-23(17-30-18)22-10-8-19(9-11-22)14-24(29)28(13-12-27(2)3)16-21-6-4-20(15-25)5-7-21/h4-11,17H,12-14,16H2,1-3H3. The first kappa shape index (κ1) is 21.7. The first-order valence-corrected chi connectivity index (χ1v) is 10.8. The Bertz CT molecular complexity index is 1020. The Morgan fingerprint density at radius 1 is 1.03 bits per heavy atom. The number of hydrogen-bond donors (Lipinski definition) is 0. The zero-order chi connectivity index (χ0) is 21.5. The molecule has 5 nitrogen and oxygen atoms in total. The van der Waals surface area contributed by atoms with Crippen LogP contribution in [0.5, 0.6) is 0 Å². The Kier molecular flexibility index (Phi) is 7.34. The van der Waals surface area contributed by atoms with Gasteiger partial charge in [0.2, 0.25) is 5.91 Å². The van der Waals surface area contributed by atoms with Gasteiger partial charge in [-0.1, -0.05) is 36.4 Å². The fourth-order valence-electron chi connectivity index (χ4n) is 3.09. The second-order valence-corrected chi connectivity index (χ2v) is 8.61. The van der Waals surface area contributed by atoms with Crippen LogP contribution >= 0.6 is 11.3 Å². The number of nitrogens with zero attached hydrogens (tertiary/aromatic N) is 4. The number of amides is 1. The summed E-state index contributed by atoms with van der Waals surface area (Å²) in [5, 5.41) is 12.1. The second kappa shape index (κ2) is 10.1. The molecule has 0 radical (unpaired) electrons. The van der Waals surface area contributed by atoms with Gasteiger partial charge in [0.25, 0.3) is 0 Å². The van der Waals surface area contributed by atoms with Crippen LogP contribution in [0.3, 0.4) is 0 Å². The summed E-state index contributed by atoms with van der Waals surface area (Å²) in [6.45, 7) is 3.98. The highest BCUT2D eigenvalue weighted by Crippen LogP contribution is 2.22. The third-order valence-electron chi connectivity index (χ3n) is 4.85. The Labute approximate surface area is 182 Å². The molecule has 0 atom stereocenters. The van der Waals surface area contributed by atoms with Crippen molar-refractivity contribution in [2.75, 3.05) is 27.2 Å². The van der Waals surface area contributed by atoms with Crippen molar-refractivity contribution in [2.24, 2.45) is 0 Å². The fourth-order valence-corrected chi connectivity index (χ4v) is 3.72. The third kappa shape index (κ3) is 5.99. The van der Waals surface area contributed by atoms with E-state index in [1.54, 1.807) is 23.5 Å². The van der Waals surface area contributed by atoms with Gasteiger partial charge in [0.1, 0.15) is 0 Å². The molecule has 1 amide bonds. The molecule has 3 rings (SSSR count). The first-order valence-electron chi connectivity index (χ1n) is 9.87. The number of nitriles is 1. The van der Waals surface area contributed by atoms with Gasteiger partial charge in [-0.25, -0.2) is 4.98 Å². The summed E-state index contributed by atoms with van der Waals surface area (Å²) in [6.07, 6.45) is 0.361. The van der Waals surface area contributed by atoms with Crippen molar-refractivity contribution in [3.8, 4) is 17.3 Å². The quantitative estimate of drug-likeness (QED) is 0.552. The average molecular weight is 419 g/mol. The van der Waals surface area contributed by atoms with Crippen LogP contribution in [-0.2, 0) is 17.8 Å². The molecule has 1 aromatic heterocycles. The van der Waals surface area contributed by atoms with Gasteiger partial charge in [-0.05, 0) is 44.3 Å². The number of aryl methyl sites for hydroxylation is 1. The van der Waals surface area contributed by atoms with Gasteiger partial charge in [-0.3, -0.25) is 4.79 Å². The van der Waals surface area contributed by atoms with Crippen molar-refractivity contribution < 1.29 is 4.79 Å². The van der Waals surface area contributed by atoms with Crippen LogP contribution in [0.25, 0.3) is 11.3 Å². The van der Waals surface area contributed by atoms with E-state index < -0.39 is 0 Å². The minimum absolute atomic E-state index is 0.0958. The van der Waals surface area contributed by atoms with Gasteiger partial charge in [0, 0.05) is 30.6 Å². The lowest BCUT2D eigenvalue weighted by Crippen LogP contribution is -2.37. The molecule has 0 aliphatic rings. The molecule has 0 unspecified atom stereocenters. The van der Waals surface area contributed by atoms with E-state index in [0.29, 0.717) is 25.1 Å². The summed E-state index contributed by atoms with van der Waals surface area (Å²) in [6, 6.07) is 17.6. The van der Waals surface area contributed by atoms with Crippen molar-refractivity contribution in [1.29, 1.82) is 5.26 Å². The molecule has 0 bridgehead atoms. The minimum atomic E-state index is 0.0958. The number of rotatable bonds is 8. The highest BCUT2D eigenvalue weighted by Gasteiger charge is 2.15. The summed E-state index contributed by atoms with van der Waals surface area (Å²) in [5.74, 6) is 0.0958. The molecule has 30 heavy (non-hydrogen) atoms. The summed E-state index contributed by atoms with van der Waals surface area (Å²) in [7, 11) is 4.01. The van der Waals surface area contributed by atoms with Crippen LogP contribution < -0.4 is 0 Å². The van der Waals surface area contributed by atoms with E-state index in [0.717, 1.165) is 33.9 Å². The maximum atomic E-state index is 13.1. The van der Waals surface area contributed by atoms with Crippen LogP contribution in [0.2, 0.25) is 0 Å². The molecule has 154 valence electrons. The number of thiazole rings is 1. The van der Waals surface area contributed by atoms with Gasteiger partial charge in [0.05, 0.1) is 28.8 Å². The van der Waals surface area contributed by atoms with Crippen LogP contribution in [-0.4, -0.2) is 47.9 Å². The van der Waals surface area contributed by atoms with Crippen molar-refractivity contribution in [1.82, 2.24) is 14.8 Å². The van der Waals surface area contributed by atoms with Crippen LogP contribution in [0, 0.1) is 18.3 Å². The van der Waals surface area contributed by atoms with Crippen molar-refractivity contribution in [3.63, 3.8) is 0 Å². The predicted molar refractivity (Wildman–Crippen MR) is 121 cm³/mol. The fraction of sp³-hybridized carbons (Fsp3) is 0.292. The molecule has 0 N–H and O–H groups in total. The number of aromatic nitrogens is 1. The molecule has 0 fully saturated rings. The number of benzene rings is 2. The summed E-state index contributed by atoms with van der Waals surface area (Å²) in [4.78, 5) is 21.5. The minimum Gasteiger partial charge on any atom is -0.337 e. The number of carbonyl (C=O) groups excluding carboxylic acids is 1. The predicted octanol–water partition coefficient (Wildman–Crippen LogP) is 4.12. The smallest absolute Gasteiger partial charge is 0.227 e. The lowest BCUT2D eigenvalue weighted by molar-refractivity contribution is -0.131. The maximum absolute atomic E-state index is 13.1. The molecule has 0 aliphatic heterocycles. The molecule has 0 aliphatic carbocycles. The SMILES string of the molecule is Cc1nc(-c2ccc(CC(=O)N(CCN(C)C)Cc3ccc(C#N)cc3)cc2)cs1.